The van der Waals surface area contributed by atoms with E-state index in [1.807, 2.05) is 0 Å². The van der Waals surface area contributed by atoms with E-state index in [-0.39, 0.29) is 6.04 Å². The highest BCUT2D eigenvalue weighted by Gasteiger charge is 2.24. The fourth-order valence-corrected chi connectivity index (χ4v) is 3.78. The minimum atomic E-state index is -3.15. The topological polar surface area (TPSA) is 75.2 Å². The third kappa shape index (κ3) is 4.12. The molecular weight excluding hydrogens is 284 g/mol. The van der Waals surface area contributed by atoms with E-state index < -0.39 is 10.0 Å². The number of rotatable bonds is 4. The highest BCUT2D eigenvalue weighted by Crippen LogP contribution is 2.24. The molecule has 2 rings (SSSR count). The van der Waals surface area contributed by atoms with Crippen LogP contribution in [0, 0.1) is 0 Å². The van der Waals surface area contributed by atoms with Crippen molar-refractivity contribution < 1.29 is 8.42 Å². The minimum absolute atomic E-state index is 0.0323. The number of piperidine rings is 1. The summed E-state index contributed by atoms with van der Waals surface area (Å²) in [4.78, 5) is 6.64. The van der Waals surface area contributed by atoms with Gasteiger partial charge in [-0.3, -0.25) is 0 Å². The summed E-state index contributed by atoms with van der Waals surface area (Å²) in [6, 6.07) is -0.0323. The predicted octanol–water partition coefficient (Wildman–Crippen LogP) is 1.18. The number of anilines is 1. The number of hydrogen-bond donors (Lipinski definition) is 1. The smallest absolute Gasteiger partial charge is 0.209 e. The average Bonchev–Trinajstić information content (AvgIpc) is 2.76. The highest BCUT2D eigenvalue weighted by atomic mass is 32.2. The van der Waals surface area contributed by atoms with E-state index in [1.165, 1.54) is 17.8 Å². The van der Waals surface area contributed by atoms with E-state index in [9.17, 15) is 8.42 Å². The van der Waals surface area contributed by atoms with Crippen LogP contribution in [0.4, 0.5) is 5.13 Å². The van der Waals surface area contributed by atoms with Crippen LogP contribution in [0.5, 0.6) is 0 Å². The fraction of sp³-hybridized carbons (Fsp3) is 0.818. The third-order valence-corrected chi connectivity index (χ3v) is 4.57. The standard InChI is InChI=1S/C11H20N4O2S2/c1-8(2)10-12-11(18-13-10)15-6-4-5-9(7-15)14-19(3,16)17/h8-9,14H,4-7H2,1-3H3. The molecule has 1 fully saturated rings. The molecule has 1 aliphatic rings. The van der Waals surface area contributed by atoms with E-state index >= 15 is 0 Å². The number of hydrogen-bond acceptors (Lipinski definition) is 6. The number of nitrogens with one attached hydrogen (secondary N) is 1. The fourth-order valence-electron chi connectivity index (χ4n) is 2.14. The monoisotopic (exact) mass is 304 g/mol. The van der Waals surface area contributed by atoms with E-state index in [4.69, 9.17) is 0 Å². The van der Waals surface area contributed by atoms with Gasteiger partial charge in [-0.25, -0.2) is 18.1 Å². The molecule has 0 aliphatic carbocycles. The highest BCUT2D eigenvalue weighted by molar-refractivity contribution is 7.88. The molecular formula is C11H20N4O2S2. The molecule has 1 N–H and O–H groups in total. The zero-order valence-electron chi connectivity index (χ0n) is 11.5. The lowest BCUT2D eigenvalue weighted by molar-refractivity contribution is 0.467. The lowest BCUT2D eigenvalue weighted by Crippen LogP contribution is -2.47. The first-order chi connectivity index (χ1) is 8.85. The molecule has 108 valence electrons. The van der Waals surface area contributed by atoms with Gasteiger partial charge in [-0.15, -0.1) is 0 Å². The van der Waals surface area contributed by atoms with Crippen molar-refractivity contribution in [3.8, 4) is 0 Å². The molecule has 0 amide bonds. The zero-order chi connectivity index (χ0) is 14.0. The number of nitrogens with zero attached hydrogens (tertiary/aromatic N) is 3. The van der Waals surface area contributed by atoms with Crippen molar-refractivity contribution in [2.24, 2.45) is 0 Å². The lowest BCUT2D eigenvalue weighted by atomic mass is 10.1. The maximum Gasteiger partial charge on any atom is 0.209 e. The van der Waals surface area contributed by atoms with Gasteiger partial charge in [-0.1, -0.05) is 13.8 Å². The summed E-state index contributed by atoms with van der Waals surface area (Å²) >= 11 is 1.39. The van der Waals surface area contributed by atoms with Crippen LogP contribution in [-0.4, -0.2) is 43.2 Å². The Kier molecular flexibility index (Phi) is 4.42. The van der Waals surface area contributed by atoms with Gasteiger partial charge in [0.25, 0.3) is 0 Å². The summed E-state index contributed by atoms with van der Waals surface area (Å²) in [6.45, 7) is 5.71. The van der Waals surface area contributed by atoms with E-state index in [0.29, 0.717) is 12.5 Å². The van der Waals surface area contributed by atoms with Crippen molar-refractivity contribution in [1.29, 1.82) is 0 Å². The largest absolute Gasteiger partial charge is 0.345 e. The maximum atomic E-state index is 11.3. The van der Waals surface area contributed by atoms with Crippen molar-refractivity contribution in [2.75, 3.05) is 24.2 Å². The summed E-state index contributed by atoms with van der Waals surface area (Å²) in [7, 11) is -3.15. The summed E-state index contributed by atoms with van der Waals surface area (Å²) in [6.07, 6.45) is 3.04. The van der Waals surface area contributed by atoms with Crippen molar-refractivity contribution in [3.63, 3.8) is 0 Å². The van der Waals surface area contributed by atoms with Gasteiger partial charge >= 0.3 is 0 Å². The molecule has 0 aromatic carbocycles. The minimum Gasteiger partial charge on any atom is -0.345 e. The van der Waals surface area contributed by atoms with Gasteiger partial charge in [0, 0.05) is 36.6 Å². The van der Waals surface area contributed by atoms with Gasteiger partial charge in [-0.2, -0.15) is 4.37 Å². The zero-order valence-corrected chi connectivity index (χ0v) is 13.1. The summed E-state index contributed by atoms with van der Waals surface area (Å²) in [5.41, 5.74) is 0. The second-order valence-corrected chi connectivity index (χ2v) is 7.78. The first kappa shape index (κ1) is 14.7. The molecule has 0 bridgehead atoms. The quantitative estimate of drug-likeness (QED) is 0.904. The Labute approximate surface area is 118 Å². The average molecular weight is 304 g/mol. The van der Waals surface area contributed by atoms with Gasteiger partial charge in [0.2, 0.25) is 15.2 Å². The molecule has 0 saturated carbocycles. The van der Waals surface area contributed by atoms with Crippen LogP contribution >= 0.6 is 11.5 Å². The molecule has 1 aromatic heterocycles. The maximum absolute atomic E-state index is 11.3. The number of sulfonamides is 1. The van der Waals surface area contributed by atoms with Gasteiger partial charge in [-0.05, 0) is 12.8 Å². The molecule has 2 heterocycles. The van der Waals surface area contributed by atoms with Crippen LogP contribution < -0.4 is 9.62 Å². The van der Waals surface area contributed by atoms with Crippen LogP contribution in [-0.2, 0) is 10.0 Å². The number of aromatic nitrogens is 2. The third-order valence-electron chi connectivity index (χ3n) is 3.02. The van der Waals surface area contributed by atoms with Crippen LogP contribution in [0.25, 0.3) is 0 Å². The van der Waals surface area contributed by atoms with Gasteiger partial charge in [0.05, 0.1) is 6.26 Å². The van der Waals surface area contributed by atoms with Crippen molar-refractivity contribution in [3.05, 3.63) is 5.82 Å². The van der Waals surface area contributed by atoms with Crippen LogP contribution in [0.1, 0.15) is 38.4 Å². The molecule has 8 heteroatoms. The molecule has 1 atom stereocenters. The van der Waals surface area contributed by atoms with Gasteiger partial charge < -0.3 is 4.90 Å². The first-order valence-corrected chi connectivity index (χ1v) is 9.07. The SMILES string of the molecule is CC(C)c1nsc(N2CCCC(NS(C)(=O)=O)C2)n1. The Balaban J connectivity index is 2.04. The normalized spacial score (nSPS) is 21.1. The van der Waals surface area contributed by atoms with Crippen LogP contribution in [0.3, 0.4) is 0 Å². The predicted molar refractivity (Wildman–Crippen MR) is 77.2 cm³/mol. The van der Waals surface area contributed by atoms with Crippen molar-refractivity contribution in [2.45, 2.75) is 38.6 Å². The van der Waals surface area contributed by atoms with E-state index in [2.05, 4.69) is 32.8 Å². The van der Waals surface area contributed by atoms with E-state index in [1.54, 1.807) is 0 Å². The second-order valence-electron chi connectivity index (χ2n) is 5.27. The molecule has 1 saturated heterocycles. The molecule has 19 heavy (non-hydrogen) atoms. The molecule has 6 nitrogen and oxygen atoms in total. The summed E-state index contributed by atoms with van der Waals surface area (Å²) < 4.78 is 29.6. The Morgan fingerprint density at radius 2 is 2.21 bits per heavy atom. The van der Waals surface area contributed by atoms with Crippen molar-refractivity contribution in [1.82, 2.24) is 14.1 Å². The lowest BCUT2D eigenvalue weighted by Gasteiger charge is -2.32. The summed E-state index contributed by atoms with van der Waals surface area (Å²) in [5, 5.41) is 0.892. The van der Waals surface area contributed by atoms with Crippen LogP contribution in [0.15, 0.2) is 0 Å². The Bertz CT molecular complexity index is 527. The van der Waals surface area contributed by atoms with Gasteiger partial charge in [0.1, 0.15) is 5.82 Å². The second kappa shape index (κ2) is 5.72. The molecule has 0 radical (unpaired) electrons. The Hall–Kier alpha value is -0.730. The molecule has 0 spiro atoms. The van der Waals surface area contributed by atoms with E-state index in [0.717, 1.165) is 30.3 Å². The molecule has 1 unspecified atom stereocenters. The first-order valence-electron chi connectivity index (χ1n) is 6.41. The summed E-state index contributed by atoms with van der Waals surface area (Å²) in [5.74, 6) is 1.18. The van der Waals surface area contributed by atoms with Gasteiger partial charge in [0.15, 0.2) is 0 Å². The van der Waals surface area contributed by atoms with Crippen molar-refractivity contribution >= 4 is 26.7 Å². The molecule has 1 aliphatic heterocycles. The Morgan fingerprint density at radius 1 is 1.47 bits per heavy atom. The Morgan fingerprint density at radius 3 is 2.79 bits per heavy atom. The molecule has 1 aromatic rings. The van der Waals surface area contributed by atoms with Crippen LogP contribution in [0.2, 0.25) is 0 Å².